The van der Waals surface area contributed by atoms with Gasteiger partial charge in [-0.2, -0.15) is 0 Å². The van der Waals surface area contributed by atoms with E-state index in [-0.39, 0.29) is 29.6 Å². The Kier molecular flexibility index (Phi) is 31.7. The van der Waals surface area contributed by atoms with Gasteiger partial charge in [-0.15, -0.1) is 0 Å². The molecule has 0 unspecified atom stereocenters. The number of carbonyl (C=O) groups excluding carboxylic acids is 1. The number of unbranched alkanes of at least 4 members (excludes halogenated alkanes) is 9. The van der Waals surface area contributed by atoms with Crippen molar-refractivity contribution in [3.05, 3.63) is 0 Å². The smallest absolute Gasteiger partial charge is 0.550 e. The number of aliphatic carboxylic acids is 1. The minimum Gasteiger partial charge on any atom is -0.550 e. The van der Waals surface area contributed by atoms with Crippen LogP contribution in [0.1, 0.15) is 78.1 Å². The molecule has 0 fully saturated rings. The Labute approximate surface area is 153 Å². The molecule has 3 N–H and O–H groups in total. The monoisotopic (exact) mass is 310 g/mol. The standard InChI is InChI=1S/C14H32N2.C2H4O2.Na/c1-2-3-4-5-6-7-8-9-10-11-13-16-14-12-15;1-2(3)4;/h16H,2-15H2,1H3;1H3,(H,3,4);/q;;+1/p-1. The molecule has 0 bridgehead atoms. The van der Waals surface area contributed by atoms with Crippen LogP contribution in [-0.2, 0) is 4.79 Å². The maximum atomic E-state index is 8.89. The van der Waals surface area contributed by atoms with E-state index in [9.17, 15) is 0 Å². The third kappa shape index (κ3) is 38.5. The number of nitrogens with two attached hydrogens (primary N) is 1. The first-order chi connectivity index (χ1) is 9.65. The van der Waals surface area contributed by atoms with Crippen LogP contribution < -0.4 is 45.7 Å². The fourth-order valence-electron chi connectivity index (χ4n) is 1.96. The molecule has 0 atom stereocenters. The third-order valence-corrected chi connectivity index (χ3v) is 3.03. The fourth-order valence-corrected chi connectivity index (χ4v) is 1.96. The Hall–Kier alpha value is 0.390. The van der Waals surface area contributed by atoms with Gasteiger partial charge in [-0.3, -0.25) is 0 Å². The van der Waals surface area contributed by atoms with Crippen molar-refractivity contribution in [3.63, 3.8) is 0 Å². The zero-order chi connectivity index (χ0) is 15.5. The fraction of sp³-hybridized carbons (Fsp3) is 0.938. The van der Waals surface area contributed by atoms with Crippen LogP contribution >= 0.6 is 0 Å². The SMILES string of the molecule is CC(=O)[O-].CCCCCCCCCCCCNCCN.[Na+]. The maximum absolute atomic E-state index is 8.89. The molecule has 5 heteroatoms. The van der Waals surface area contributed by atoms with Crippen molar-refractivity contribution < 1.29 is 39.5 Å². The Morgan fingerprint density at radius 2 is 1.29 bits per heavy atom. The molecule has 122 valence electrons. The quantitative estimate of drug-likeness (QED) is 0.345. The molecule has 0 aliphatic rings. The summed E-state index contributed by atoms with van der Waals surface area (Å²) in [6.07, 6.45) is 14.1. The van der Waals surface area contributed by atoms with Gasteiger partial charge in [0, 0.05) is 19.1 Å². The molecule has 0 amide bonds. The van der Waals surface area contributed by atoms with Crippen molar-refractivity contribution in [2.24, 2.45) is 5.73 Å². The Morgan fingerprint density at radius 3 is 1.67 bits per heavy atom. The summed E-state index contributed by atoms with van der Waals surface area (Å²) in [5.74, 6) is -1.08. The topological polar surface area (TPSA) is 78.2 Å². The van der Waals surface area contributed by atoms with E-state index in [0.717, 1.165) is 26.6 Å². The predicted molar refractivity (Wildman–Crippen MR) is 84.4 cm³/mol. The molecule has 0 spiro atoms. The largest absolute Gasteiger partial charge is 1.00 e. The van der Waals surface area contributed by atoms with E-state index < -0.39 is 5.97 Å². The van der Waals surface area contributed by atoms with Gasteiger partial charge in [0.05, 0.1) is 0 Å². The normalized spacial score (nSPS) is 9.48. The zero-order valence-corrected chi connectivity index (χ0v) is 16.6. The van der Waals surface area contributed by atoms with Gasteiger partial charge in [-0.1, -0.05) is 64.7 Å². The van der Waals surface area contributed by atoms with Crippen molar-refractivity contribution >= 4 is 5.97 Å². The number of carbonyl (C=O) groups is 1. The number of nitrogens with one attached hydrogen (secondary N) is 1. The van der Waals surface area contributed by atoms with Gasteiger partial charge in [-0.25, -0.2) is 0 Å². The second-order valence-corrected chi connectivity index (χ2v) is 5.21. The van der Waals surface area contributed by atoms with Gasteiger partial charge in [0.15, 0.2) is 0 Å². The molecule has 21 heavy (non-hydrogen) atoms. The van der Waals surface area contributed by atoms with Gasteiger partial charge in [0.25, 0.3) is 0 Å². The van der Waals surface area contributed by atoms with Gasteiger partial charge in [-0.05, 0) is 19.9 Å². The Balaban J connectivity index is -0.000000572. The maximum Gasteiger partial charge on any atom is 1.00 e. The van der Waals surface area contributed by atoms with Gasteiger partial charge >= 0.3 is 29.6 Å². The molecule has 0 aliphatic carbocycles. The summed E-state index contributed by atoms with van der Waals surface area (Å²) in [7, 11) is 0. The predicted octanol–water partition coefficient (Wildman–Crippen LogP) is -0.784. The molecule has 0 rings (SSSR count). The van der Waals surface area contributed by atoms with E-state index in [0.29, 0.717) is 0 Å². The van der Waals surface area contributed by atoms with Crippen molar-refractivity contribution in [3.8, 4) is 0 Å². The molecule has 0 aromatic rings. The molecule has 0 saturated carbocycles. The van der Waals surface area contributed by atoms with Crippen molar-refractivity contribution in [1.82, 2.24) is 5.32 Å². The number of carboxylic acids is 1. The first kappa shape index (κ1) is 26.3. The molecule has 0 aliphatic heterocycles. The summed E-state index contributed by atoms with van der Waals surface area (Å²) < 4.78 is 0. The molecule has 0 heterocycles. The van der Waals surface area contributed by atoms with E-state index >= 15 is 0 Å². The first-order valence-electron chi connectivity index (χ1n) is 8.23. The van der Waals surface area contributed by atoms with Crippen LogP contribution in [0.5, 0.6) is 0 Å². The molecule has 0 aromatic heterocycles. The van der Waals surface area contributed by atoms with Crippen LogP contribution in [0.4, 0.5) is 0 Å². The number of rotatable bonds is 13. The van der Waals surface area contributed by atoms with E-state index in [1.807, 2.05) is 0 Å². The summed E-state index contributed by atoms with van der Waals surface area (Å²) in [4.78, 5) is 8.89. The average Bonchev–Trinajstić information content (AvgIpc) is 2.39. The van der Waals surface area contributed by atoms with Crippen molar-refractivity contribution in [2.75, 3.05) is 19.6 Å². The van der Waals surface area contributed by atoms with E-state index in [1.54, 1.807) is 0 Å². The summed E-state index contributed by atoms with van der Waals surface area (Å²) in [5.41, 5.74) is 5.40. The molecule has 0 aromatic carbocycles. The molecule has 4 nitrogen and oxygen atoms in total. The zero-order valence-electron chi connectivity index (χ0n) is 14.6. The van der Waals surface area contributed by atoms with Crippen LogP contribution in [0.2, 0.25) is 0 Å². The number of hydrogen-bond acceptors (Lipinski definition) is 4. The molecular weight excluding hydrogens is 275 g/mol. The first-order valence-corrected chi connectivity index (χ1v) is 8.23. The summed E-state index contributed by atoms with van der Waals surface area (Å²) in [5, 5.41) is 12.2. The Bertz CT molecular complexity index is 175. The van der Waals surface area contributed by atoms with Gasteiger partial charge in [0.1, 0.15) is 0 Å². The summed E-state index contributed by atoms with van der Waals surface area (Å²) >= 11 is 0. The van der Waals surface area contributed by atoms with E-state index in [1.165, 1.54) is 64.2 Å². The minimum atomic E-state index is -1.08. The molecular formula is C16H35N2NaO2. The second-order valence-electron chi connectivity index (χ2n) is 5.21. The average molecular weight is 310 g/mol. The number of hydrogen-bond donors (Lipinski definition) is 2. The van der Waals surface area contributed by atoms with Crippen LogP contribution in [-0.4, -0.2) is 25.6 Å². The van der Waals surface area contributed by atoms with Crippen LogP contribution in [0.15, 0.2) is 0 Å². The summed E-state index contributed by atoms with van der Waals surface area (Å²) in [6.45, 7) is 6.13. The summed E-state index contributed by atoms with van der Waals surface area (Å²) in [6, 6.07) is 0. The second kappa shape index (κ2) is 25.3. The van der Waals surface area contributed by atoms with Crippen molar-refractivity contribution in [2.45, 2.75) is 78.1 Å². The van der Waals surface area contributed by atoms with Gasteiger partial charge in [0.2, 0.25) is 0 Å². The third-order valence-electron chi connectivity index (χ3n) is 3.03. The number of carboxylic acid groups (broad SMARTS) is 1. The van der Waals surface area contributed by atoms with Crippen molar-refractivity contribution in [1.29, 1.82) is 0 Å². The van der Waals surface area contributed by atoms with Gasteiger partial charge < -0.3 is 21.0 Å². The Morgan fingerprint density at radius 1 is 0.905 bits per heavy atom. The van der Waals surface area contributed by atoms with Crippen LogP contribution in [0.25, 0.3) is 0 Å². The van der Waals surface area contributed by atoms with E-state index in [2.05, 4.69) is 12.2 Å². The minimum absolute atomic E-state index is 0. The van der Waals surface area contributed by atoms with E-state index in [4.69, 9.17) is 15.6 Å². The molecule has 0 radical (unpaired) electrons. The molecule has 0 saturated heterocycles. The van der Waals surface area contributed by atoms with Crippen LogP contribution in [0.3, 0.4) is 0 Å². The van der Waals surface area contributed by atoms with Crippen LogP contribution in [0, 0.1) is 0 Å².